The molecule has 0 saturated heterocycles. The van der Waals surface area contributed by atoms with Crippen molar-refractivity contribution in [2.24, 2.45) is 0 Å². The summed E-state index contributed by atoms with van der Waals surface area (Å²) in [5.74, 6) is -6.78. The maximum atomic E-state index is 12.3. The van der Waals surface area contributed by atoms with Crippen LogP contribution in [0.15, 0.2) is 0 Å². The maximum absolute atomic E-state index is 12.3. The van der Waals surface area contributed by atoms with Gasteiger partial charge in [-0.05, 0) is 6.92 Å². The molecule has 0 amide bonds. The molecule has 0 bridgehead atoms. The number of esters is 4. The molecular formula is C15H20O11. The summed E-state index contributed by atoms with van der Waals surface area (Å²) < 4.78 is 18.8. The van der Waals surface area contributed by atoms with Crippen LogP contribution < -0.4 is 0 Å². The third kappa shape index (κ3) is 6.87. The molecule has 0 aliphatic rings. The van der Waals surface area contributed by atoms with Gasteiger partial charge < -0.3 is 24.1 Å². The standard InChI is InChI=1S/C15H20O11/c1-7(16)23-6-11(20)12(24-8(2)17)13(25-9(3)18)15(5,14(21)22)26-10(4)19/h12-13H,6H2,1-5H3,(H,21,22)/t12-,13+,15-/m0/s1. The Morgan fingerprint density at radius 2 is 1.35 bits per heavy atom. The molecule has 1 N–H and O–H groups in total. The van der Waals surface area contributed by atoms with E-state index in [1.165, 1.54) is 0 Å². The zero-order valence-electron chi connectivity index (χ0n) is 14.9. The highest BCUT2D eigenvalue weighted by molar-refractivity contribution is 5.91. The number of carbonyl (C=O) groups excluding carboxylic acids is 5. The summed E-state index contributed by atoms with van der Waals surface area (Å²) in [5, 5.41) is 9.44. The van der Waals surface area contributed by atoms with Crippen molar-refractivity contribution in [3.05, 3.63) is 0 Å². The fraction of sp³-hybridized carbons (Fsp3) is 0.600. The van der Waals surface area contributed by atoms with E-state index < -0.39 is 60.0 Å². The van der Waals surface area contributed by atoms with Crippen LogP contribution in [0.3, 0.4) is 0 Å². The molecule has 0 rings (SSSR count). The summed E-state index contributed by atoms with van der Waals surface area (Å²) in [7, 11) is 0. The van der Waals surface area contributed by atoms with Gasteiger partial charge in [-0.15, -0.1) is 0 Å². The quantitative estimate of drug-likeness (QED) is 0.404. The van der Waals surface area contributed by atoms with Gasteiger partial charge in [-0.3, -0.25) is 24.0 Å². The molecule has 0 saturated carbocycles. The van der Waals surface area contributed by atoms with Crippen molar-refractivity contribution in [2.45, 2.75) is 52.4 Å². The van der Waals surface area contributed by atoms with E-state index in [9.17, 15) is 33.9 Å². The van der Waals surface area contributed by atoms with Gasteiger partial charge in [-0.2, -0.15) is 0 Å². The van der Waals surface area contributed by atoms with Crippen LogP contribution in [0.4, 0.5) is 0 Å². The van der Waals surface area contributed by atoms with Gasteiger partial charge in [0.2, 0.25) is 17.5 Å². The van der Waals surface area contributed by atoms with Gasteiger partial charge in [0.15, 0.2) is 12.7 Å². The molecule has 0 aliphatic heterocycles. The van der Waals surface area contributed by atoms with Crippen LogP contribution in [-0.2, 0) is 47.7 Å². The van der Waals surface area contributed by atoms with Gasteiger partial charge in [-0.1, -0.05) is 0 Å². The molecule has 0 radical (unpaired) electrons. The average Bonchev–Trinajstić information content (AvgIpc) is 2.46. The van der Waals surface area contributed by atoms with Gasteiger partial charge in [0.1, 0.15) is 0 Å². The van der Waals surface area contributed by atoms with Gasteiger partial charge in [-0.25, -0.2) is 4.79 Å². The van der Waals surface area contributed by atoms with E-state index in [-0.39, 0.29) is 0 Å². The van der Waals surface area contributed by atoms with Gasteiger partial charge in [0.05, 0.1) is 0 Å². The first-order valence-corrected chi connectivity index (χ1v) is 7.24. The summed E-state index contributed by atoms with van der Waals surface area (Å²) in [4.78, 5) is 68.8. The smallest absolute Gasteiger partial charge is 0.352 e. The molecule has 0 aromatic carbocycles. The van der Waals surface area contributed by atoms with Crippen molar-refractivity contribution >= 4 is 35.6 Å². The van der Waals surface area contributed by atoms with Crippen molar-refractivity contribution < 1.29 is 52.8 Å². The molecule has 0 aromatic heterocycles. The molecule has 0 aromatic rings. The third-order valence-electron chi connectivity index (χ3n) is 2.92. The Hall–Kier alpha value is -2.98. The second-order valence-electron chi connectivity index (χ2n) is 5.31. The second kappa shape index (κ2) is 9.49. The Kier molecular flexibility index (Phi) is 8.40. The number of ether oxygens (including phenoxy) is 4. The van der Waals surface area contributed by atoms with Crippen molar-refractivity contribution in [1.29, 1.82) is 0 Å². The van der Waals surface area contributed by atoms with Gasteiger partial charge in [0.25, 0.3) is 0 Å². The van der Waals surface area contributed by atoms with Crippen LogP contribution in [0.1, 0.15) is 34.6 Å². The van der Waals surface area contributed by atoms with E-state index in [4.69, 9.17) is 14.2 Å². The number of carbonyl (C=O) groups is 6. The van der Waals surface area contributed by atoms with Crippen LogP contribution in [0, 0.1) is 0 Å². The minimum absolute atomic E-state index is 0.829. The largest absolute Gasteiger partial charge is 0.478 e. The lowest BCUT2D eigenvalue weighted by molar-refractivity contribution is -0.210. The summed E-state index contributed by atoms with van der Waals surface area (Å²) in [6, 6.07) is 0. The van der Waals surface area contributed by atoms with Crippen molar-refractivity contribution in [3.63, 3.8) is 0 Å². The second-order valence-corrected chi connectivity index (χ2v) is 5.31. The lowest BCUT2D eigenvalue weighted by Gasteiger charge is -2.35. The molecule has 146 valence electrons. The molecular weight excluding hydrogens is 356 g/mol. The van der Waals surface area contributed by atoms with E-state index in [0.29, 0.717) is 0 Å². The summed E-state index contributed by atoms with van der Waals surface area (Å²) in [6.07, 6.45) is -4.04. The normalized spacial score (nSPS) is 14.8. The predicted octanol–water partition coefficient (Wildman–Crippen LogP) is -0.612. The van der Waals surface area contributed by atoms with Crippen molar-refractivity contribution in [1.82, 2.24) is 0 Å². The summed E-state index contributed by atoms with van der Waals surface area (Å²) in [6.45, 7) is 3.71. The molecule has 26 heavy (non-hydrogen) atoms. The Labute approximate surface area is 148 Å². The monoisotopic (exact) mass is 376 g/mol. The highest BCUT2D eigenvalue weighted by atomic mass is 16.6. The number of carboxylic acids is 1. The number of ketones is 1. The molecule has 3 atom stereocenters. The Morgan fingerprint density at radius 1 is 0.846 bits per heavy atom. The zero-order chi connectivity index (χ0) is 20.7. The lowest BCUT2D eigenvalue weighted by atomic mass is 9.91. The summed E-state index contributed by atoms with van der Waals surface area (Å²) in [5.41, 5.74) is -2.57. The minimum Gasteiger partial charge on any atom is -0.478 e. The highest BCUT2D eigenvalue weighted by Gasteiger charge is 2.54. The summed E-state index contributed by atoms with van der Waals surface area (Å²) >= 11 is 0. The van der Waals surface area contributed by atoms with Crippen molar-refractivity contribution in [2.75, 3.05) is 6.61 Å². The molecule has 0 unspecified atom stereocenters. The molecule has 0 spiro atoms. The number of hydrogen-bond acceptors (Lipinski definition) is 10. The van der Waals surface area contributed by atoms with Crippen LogP contribution in [-0.4, -0.2) is 65.2 Å². The minimum atomic E-state index is -2.57. The average molecular weight is 376 g/mol. The van der Waals surface area contributed by atoms with Crippen LogP contribution >= 0.6 is 0 Å². The van der Waals surface area contributed by atoms with Crippen LogP contribution in [0.5, 0.6) is 0 Å². The van der Waals surface area contributed by atoms with Crippen LogP contribution in [0.25, 0.3) is 0 Å². The predicted molar refractivity (Wildman–Crippen MR) is 80.6 cm³/mol. The highest BCUT2D eigenvalue weighted by Crippen LogP contribution is 2.26. The third-order valence-corrected chi connectivity index (χ3v) is 2.92. The Balaban J connectivity index is 6.09. The van der Waals surface area contributed by atoms with E-state index >= 15 is 0 Å². The zero-order valence-corrected chi connectivity index (χ0v) is 14.9. The lowest BCUT2D eigenvalue weighted by Crippen LogP contribution is -2.60. The van der Waals surface area contributed by atoms with E-state index in [1.54, 1.807) is 0 Å². The molecule has 0 fully saturated rings. The number of rotatable bonds is 9. The Bertz CT molecular complexity index is 609. The number of Topliss-reactive ketones (excluding diaryl/α,β-unsaturated/α-hetero) is 1. The fourth-order valence-electron chi connectivity index (χ4n) is 1.89. The molecule has 0 aliphatic carbocycles. The Morgan fingerprint density at radius 3 is 1.69 bits per heavy atom. The van der Waals surface area contributed by atoms with E-state index in [0.717, 1.165) is 34.6 Å². The fourth-order valence-corrected chi connectivity index (χ4v) is 1.89. The molecule has 11 nitrogen and oxygen atoms in total. The SMILES string of the molecule is CC(=O)OCC(=O)[C@H](OC(C)=O)[C@@H](OC(C)=O)[C@](C)(OC(C)=O)C(=O)O. The number of hydrogen-bond donors (Lipinski definition) is 1. The number of carboxylic acid groups (broad SMARTS) is 1. The van der Waals surface area contributed by atoms with Gasteiger partial charge in [0, 0.05) is 27.7 Å². The van der Waals surface area contributed by atoms with E-state index in [1.807, 2.05) is 0 Å². The van der Waals surface area contributed by atoms with Crippen LogP contribution in [0.2, 0.25) is 0 Å². The first-order valence-electron chi connectivity index (χ1n) is 7.24. The number of aliphatic carboxylic acids is 1. The van der Waals surface area contributed by atoms with E-state index in [2.05, 4.69) is 4.74 Å². The van der Waals surface area contributed by atoms with Crippen molar-refractivity contribution in [3.8, 4) is 0 Å². The first kappa shape index (κ1) is 23.0. The molecule has 0 heterocycles. The van der Waals surface area contributed by atoms with Gasteiger partial charge >= 0.3 is 29.8 Å². The topological polar surface area (TPSA) is 160 Å². The molecule has 11 heteroatoms. The first-order chi connectivity index (χ1) is 11.8. The maximum Gasteiger partial charge on any atom is 0.352 e.